The predicted molar refractivity (Wildman–Crippen MR) is 117 cm³/mol. The van der Waals surface area contributed by atoms with E-state index in [0.29, 0.717) is 17.9 Å². The van der Waals surface area contributed by atoms with Gasteiger partial charge in [-0.2, -0.15) is 0 Å². The summed E-state index contributed by atoms with van der Waals surface area (Å²) in [4.78, 5) is 16.1. The monoisotopic (exact) mass is 394 g/mol. The Labute approximate surface area is 172 Å². The summed E-state index contributed by atoms with van der Waals surface area (Å²) in [5.74, 6) is 1.32. The van der Waals surface area contributed by atoms with Crippen LogP contribution in [0.25, 0.3) is 10.9 Å². The summed E-state index contributed by atoms with van der Waals surface area (Å²) in [6.45, 7) is 2.88. The number of aromatic nitrogens is 1. The van der Waals surface area contributed by atoms with E-state index < -0.39 is 0 Å². The van der Waals surface area contributed by atoms with Crippen molar-refractivity contribution < 1.29 is 14.3 Å². The predicted octanol–water partition coefficient (Wildman–Crippen LogP) is 5.01. The maximum atomic E-state index is 12.7. The molecule has 1 heterocycles. The van der Waals surface area contributed by atoms with E-state index in [2.05, 4.69) is 29.4 Å². The minimum Gasteiger partial charge on any atom is -0.493 e. The van der Waals surface area contributed by atoms with E-state index in [4.69, 9.17) is 9.47 Å². The first-order chi connectivity index (χ1) is 14.2. The Balaban J connectivity index is 1.93. The molecule has 0 aliphatic carbocycles. The average Bonchev–Trinajstić information content (AvgIpc) is 3.18. The van der Waals surface area contributed by atoms with Crippen molar-refractivity contribution in [3.8, 4) is 11.5 Å². The Morgan fingerprint density at radius 3 is 2.62 bits per heavy atom. The van der Waals surface area contributed by atoms with Crippen LogP contribution >= 0.6 is 0 Å². The van der Waals surface area contributed by atoms with Gasteiger partial charge in [0.15, 0.2) is 11.5 Å². The normalized spacial score (nSPS) is 12.0. The molecular weight excluding hydrogens is 364 g/mol. The molecule has 0 unspecified atom stereocenters. The van der Waals surface area contributed by atoms with Crippen molar-refractivity contribution in [1.29, 1.82) is 0 Å². The highest BCUT2D eigenvalue weighted by molar-refractivity contribution is 5.86. The molecule has 0 saturated heterocycles. The number of hydrogen-bond acceptors (Lipinski definition) is 3. The standard InChI is InChI=1S/C24H30N2O3/c1-4-5-8-13-25-24(27)15-19(17-11-12-22(28-2)23(14-17)29-3)20-16-26-21-10-7-6-9-18(20)21/h6-7,9-12,14,16,19,26H,4-5,8,13,15H2,1-3H3,(H,25,27)/t19-/m1/s1. The number of rotatable bonds is 10. The van der Waals surface area contributed by atoms with Crippen LogP contribution in [0.5, 0.6) is 11.5 Å². The van der Waals surface area contributed by atoms with Crippen molar-refractivity contribution in [2.24, 2.45) is 0 Å². The van der Waals surface area contributed by atoms with Gasteiger partial charge in [0.2, 0.25) is 5.91 Å². The third-order valence-electron chi connectivity index (χ3n) is 5.30. The SMILES string of the molecule is CCCCCNC(=O)C[C@H](c1ccc(OC)c(OC)c1)c1c[nH]c2ccccc12. The second-order valence-electron chi connectivity index (χ2n) is 7.22. The van der Waals surface area contributed by atoms with Gasteiger partial charge >= 0.3 is 0 Å². The molecule has 1 amide bonds. The van der Waals surface area contributed by atoms with Gasteiger partial charge in [0, 0.05) is 36.0 Å². The number of ether oxygens (including phenoxy) is 2. The molecule has 0 aliphatic heterocycles. The number of H-pyrrole nitrogens is 1. The van der Waals surface area contributed by atoms with Crippen LogP contribution < -0.4 is 14.8 Å². The van der Waals surface area contributed by atoms with Crippen LogP contribution in [0.2, 0.25) is 0 Å². The lowest BCUT2D eigenvalue weighted by molar-refractivity contribution is -0.121. The van der Waals surface area contributed by atoms with E-state index in [9.17, 15) is 4.79 Å². The molecule has 5 heteroatoms. The molecule has 0 spiro atoms. The summed E-state index contributed by atoms with van der Waals surface area (Å²) in [5, 5.41) is 4.20. The number of unbranched alkanes of at least 4 members (excludes halogenated alkanes) is 2. The first-order valence-electron chi connectivity index (χ1n) is 10.2. The fraction of sp³-hybridized carbons (Fsp3) is 0.375. The summed E-state index contributed by atoms with van der Waals surface area (Å²) < 4.78 is 10.9. The fourth-order valence-electron chi connectivity index (χ4n) is 3.72. The maximum absolute atomic E-state index is 12.7. The zero-order valence-electron chi connectivity index (χ0n) is 17.5. The number of aromatic amines is 1. The molecule has 0 radical (unpaired) electrons. The number of methoxy groups -OCH3 is 2. The number of para-hydroxylation sites is 1. The second-order valence-corrected chi connectivity index (χ2v) is 7.22. The van der Waals surface area contributed by atoms with Crippen molar-refractivity contribution in [3.63, 3.8) is 0 Å². The van der Waals surface area contributed by atoms with Crippen molar-refractivity contribution in [1.82, 2.24) is 10.3 Å². The third-order valence-corrected chi connectivity index (χ3v) is 5.30. The number of amides is 1. The molecule has 0 saturated carbocycles. The molecule has 0 aliphatic rings. The van der Waals surface area contributed by atoms with Gasteiger partial charge in [0.25, 0.3) is 0 Å². The lowest BCUT2D eigenvalue weighted by atomic mass is 9.87. The summed E-state index contributed by atoms with van der Waals surface area (Å²) in [5.41, 5.74) is 3.20. The summed E-state index contributed by atoms with van der Waals surface area (Å²) in [7, 11) is 3.25. The molecule has 1 aromatic heterocycles. The van der Waals surface area contributed by atoms with E-state index in [1.807, 2.05) is 36.5 Å². The lowest BCUT2D eigenvalue weighted by Crippen LogP contribution is -2.26. The van der Waals surface area contributed by atoms with Crippen molar-refractivity contribution >= 4 is 16.8 Å². The van der Waals surface area contributed by atoms with Gasteiger partial charge in [-0.05, 0) is 35.7 Å². The van der Waals surface area contributed by atoms with Crippen LogP contribution in [0.1, 0.15) is 49.7 Å². The molecule has 3 aromatic rings. The van der Waals surface area contributed by atoms with Gasteiger partial charge in [0.05, 0.1) is 14.2 Å². The summed E-state index contributed by atoms with van der Waals surface area (Å²) >= 11 is 0. The first-order valence-corrected chi connectivity index (χ1v) is 10.2. The average molecular weight is 395 g/mol. The van der Waals surface area contributed by atoms with E-state index in [1.54, 1.807) is 14.2 Å². The molecule has 3 rings (SSSR count). The molecule has 1 atom stereocenters. The molecule has 2 N–H and O–H groups in total. The highest BCUT2D eigenvalue weighted by atomic mass is 16.5. The highest BCUT2D eigenvalue weighted by Crippen LogP contribution is 2.37. The zero-order valence-corrected chi connectivity index (χ0v) is 17.5. The van der Waals surface area contributed by atoms with E-state index in [-0.39, 0.29) is 11.8 Å². The molecule has 0 fully saturated rings. The van der Waals surface area contributed by atoms with Gasteiger partial charge in [-0.25, -0.2) is 0 Å². The van der Waals surface area contributed by atoms with Crippen LogP contribution in [-0.2, 0) is 4.79 Å². The molecule has 0 bridgehead atoms. The fourth-order valence-corrected chi connectivity index (χ4v) is 3.72. The maximum Gasteiger partial charge on any atom is 0.220 e. The Hall–Kier alpha value is -2.95. The number of benzene rings is 2. The van der Waals surface area contributed by atoms with Gasteiger partial charge in [-0.1, -0.05) is 44.0 Å². The highest BCUT2D eigenvalue weighted by Gasteiger charge is 2.22. The van der Waals surface area contributed by atoms with E-state index in [1.165, 1.54) is 0 Å². The Morgan fingerprint density at radius 1 is 1.07 bits per heavy atom. The number of carbonyl (C=O) groups excluding carboxylic acids is 1. The number of hydrogen-bond donors (Lipinski definition) is 2. The van der Waals surface area contributed by atoms with Gasteiger partial charge in [0.1, 0.15) is 0 Å². The van der Waals surface area contributed by atoms with Gasteiger partial charge < -0.3 is 19.8 Å². The van der Waals surface area contributed by atoms with Crippen molar-refractivity contribution in [2.75, 3.05) is 20.8 Å². The van der Waals surface area contributed by atoms with E-state index in [0.717, 1.165) is 47.8 Å². The number of fused-ring (bicyclic) bond motifs is 1. The smallest absolute Gasteiger partial charge is 0.220 e. The molecule has 2 aromatic carbocycles. The Morgan fingerprint density at radius 2 is 1.86 bits per heavy atom. The summed E-state index contributed by atoms with van der Waals surface area (Å²) in [6, 6.07) is 14.1. The van der Waals surface area contributed by atoms with Crippen LogP contribution in [0.15, 0.2) is 48.7 Å². The minimum atomic E-state index is -0.0860. The molecular formula is C24H30N2O3. The quantitative estimate of drug-likeness (QED) is 0.475. The van der Waals surface area contributed by atoms with Crippen LogP contribution in [0.4, 0.5) is 0 Å². The topological polar surface area (TPSA) is 63.4 Å². The minimum absolute atomic E-state index is 0.0613. The lowest BCUT2D eigenvalue weighted by Gasteiger charge is -2.19. The van der Waals surface area contributed by atoms with Gasteiger partial charge in [-0.3, -0.25) is 4.79 Å². The molecule has 154 valence electrons. The number of nitrogens with one attached hydrogen (secondary N) is 2. The molecule has 5 nitrogen and oxygen atoms in total. The molecule has 29 heavy (non-hydrogen) atoms. The largest absolute Gasteiger partial charge is 0.493 e. The number of carbonyl (C=O) groups is 1. The Kier molecular flexibility index (Phi) is 7.17. The van der Waals surface area contributed by atoms with Crippen LogP contribution in [0, 0.1) is 0 Å². The second kappa shape index (κ2) is 10.0. The zero-order chi connectivity index (χ0) is 20.6. The van der Waals surface area contributed by atoms with Crippen LogP contribution in [-0.4, -0.2) is 31.7 Å². The van der Waals surface area contributed by atoms with Gasteiger partial charge in [-0.15, -0.1) is 0 Å². The van der Waals surface area contributed by atoms with Crippen molar-refractivity contribution in [2.45, 2.75) is 38.5 Å². The van der Waals surface area contributed by atoms with Crippen LogP contribution in [0.3, 0.4) is 0 Å². The summed E-state index contributed by atoms with van der Waals surface area (Å²) in [6.07, 6.45) is 5.66. The van der Waals surface area contributed by atoms with E-state index >= 15 is 0 Å². The Bertz CT molecular complexity index is 948. The van der Waals surface area contributed by atoms with Crippen molar-refractivity contribution in [3.05, 3.63) is 59.8 Å². The first kappa shape index (κ1) is 20.8. The third kappa shape index (κ3) is 4.91.